The van der Waals surface area contributed by atoms with Crippen molar-refractivity contribution in [3.63, 3.8) is 0 Å². The van der Waals surface area contributed by atoms with E-state index in [0.29, 0.717) is 22.4 Å². The van der Waals surface area contributed by atoms with Crippen LogP contribution < -0.4 is 5.19 Å². The van der Waals surface area contributed by atoms with Gasteiger partial charge in [0.15, 0.2) is 11.4 Å². The molecule has 3 nitrogen and oxygen atoms in total. The molecule has 0 aliphatic heterocycles. The van der Waals surface area contributed by atoms with Crippen LogP contribution >= 0.6 is 0 Å². The second kappa shape index (κ2) is 12.7. The van der Waals surface area contributed by atoms with Crippen LogP contribution in [-0.4, -0.2) is 18.0 Å². The van der Waals surface area contributed by atoms with Gasteiger partial charge in [-0.15, -0.1) is 53.6 Å². The van der Waals surface area contributed by atoms with Crippen LogP contribution in [0.5, 0.6) is 0 Å². The van der Waals surface area contributed by atoms with Gasteiger partial charge in [0.25, 0.3) is 0 Å². The van der Waals surface area contributed by atoms with E-state index < -0.39 is 21.8 Å². The molecule has 6 heteroatoms. The predicted octanol–water partition coefficient (Wildman–Crippen LogP) is 9.59. The van der Waals surface area contributed by atoms with Crippen LogP contribution in [0, 0.1) is 31.7 Å². The number of aromatic nitrogens is 2. The molecule has 0 N–H and O–H groups in total. The Bertz CT molecular complexity index is 2100. The van der Waals surface area contributed by atoms with Gasteiger partial charge in [0.2, 0.25) is 0 Å². The molecule has 43 heavy (non-hydrogen) atoms. The summed E-state index contributed by atoms with van der Waals surface area (Å²) >= 11 is 0. The monoisotopic (exact) mass is 771 g/mol. The molecule has 0 aliphatic carbocycles. The molecule has 3 aromatic carbocycles. The zero-order valence-corrected chi connectivity index (χ0v) is 28.4. The number of hydrogen-bond donors (Lipinski definition) is 0. The Morgan fingerprint density at radius 2 is 1.67 bits per heavy atom. The average molecular weight is 771 g/mol. The first-order valence-corrected chi connectivity index (χ1v) is 17.3. The molecule has 223 valence electrons. The minimum absolute atomic E-state index is 0. The molecular weight excluding hydrogens is 728 g/mol. The topological polar surface area (TPSA) is 38.9 Å². The first-order valence-electron chi connectivity index (χ1n) is 16.8. The summed E-state index contributed by atoms with van der Waals surface area (Å²) in [6.45, 7) is 8.31. The molecule has 0 saturated heterocycles. The van der Waals surface area contributed by atoms with Crippen molar-refractivity contribution in [1.82, 2.24) is 9.97 Å². The molecule has 0 bridgehead atoms. The Morgan fingerprint density at radius 1 is 0.884 bits per heavy atom. The summed E-state index contributed by atoms with van der Waals surface area (Å²) in [6.07, 6.45) is 3.45. The number of fused-ring (bicyclic) bond motifs is 3. The Balaban J connectivity index is 0.000000216. The van der Waals surface area contributed by atoms with Gasteiger partial charge < -0.3 is 14.4 Å². The SMILES string of the molecule is CC(C)(C)c1ccnc(-c2[c-]ccc3c2oc2c(F)cccc23)c1.[2H]C([2H])([2H])c1c[c-]c(-c2cc(C([2H])([2H])[2H])c([Si](C)(C)C)cn2)cc1.[Ir]. The number of pyridine rings is 2. The molecule has 0 unspecified atom stereocenters. The summed E-state index contributed by atoms with van der Waals surface area (Å²) in [5, 5.41) is 2.46. The fourth-order valence-corrected chi connectivity index (χ4v) is 6.07. The van der Waals surface area contributed by atoms with Crippen LogP contribution in [0.3, 0.4) is 0 Å². The van der Waals surface area contributed by atoms with Gasteiger partial charge in [-0.3, -0.25) is 0 Å². The second-order valence-corrected chi connectivity index (χ2v) is 17.4. The third-order valence-corrected chi connectivity index (χ3v) is 9.11. The van der Waals surface area contributed by atoms with Crippen molar-refractivity contribution in [3.05, 3.63) is 114 Å². The average Bonchev–Trinajstić information content (AvgIpc) is 3.40. The van der Waals surface area contributed by atoms with Gasteiger partial charge in [0, 0.05) is 46.1 Å². The molecule has 0 fully saturated rings. The third-order valence-electron chi connectivity index (χ3n) is 7.09. The number of para-hydroxylation sites is 1. The minimum atomic E-state index is -2.22. The van der Waals surface area contributed by atoms with E-state index in [2.05, 4.69) is 68.6 Å². The zero-order valence-electron chi connectivity index (χ0n) is 31.0. The van der Waals surface area contributed by atoms with Crippen molar-refractivity contribution in [3.8, 4) is 22.5 Å². The maximum atomic E-state index is 14.1. The maximum Gasteiger partial charge on any atom is 0.165 e. The normalized spacial score (nSPS) is 14.3. The van der Waals surface area contributed by atoms with Crippen molar-refractivity contribution >= 4 is 35.2 Å². The Hall–Kier alpha value is -3.44. The molecule has 6 aromatic rings. The van der Waals surface area contributed by atoms with Crippen LogP contribution in [0.4, 0.5) is 4.39 Å². The number of rotatable bonds is 3. The molecule has 1 radical (unpaired) electrons. The molecule has 3 aromatic heterocycles. The number of aryl methyl sites for hydroxylation is 2. The summed E-state index contributed by atoms with van der Waals surface area (Å²) in [6, 6.07) is 25.0. The van der Waals surface area contributed by atoms with E-state index in [1.54, 1.807) is 30.6 Å². The van der Waals surface area contributed by atoms with Gasteiger partial charge in [-0.2, -0.15) is 0 Å². The van der Waals surface area contributed by atoms with E-state index in [9.17, 15) is 4.39 Å². The van der Waals surface area contributed by atoms with Crippen molar-refractivity contribution in [2.75, 3.05) is 0 Å². The molecule has 3 heterocycles. The van der Waals surface area contributed by atoms with Gasteiger partial charge in [0.1, 0.15) is 0 Å². The van der Waals surface area contributed by atoms with Crippen molar-refractivity contribution in [1.29, 1.82) is 0 Å². The van der Waals surface area contributed by atoms with Crippen molar-refractivity contribution in [2.45, 2.75) is 59.5 Å². The summed E-state index contributed by atoms with van der Waals surface area (Å²) in [4.78, 5) is 8.88. The van der Waals surface area contributed by atoms with Gasteiger partial charge in [-0.1, -0.05) is 88.0 Å². The molecular formula is C37H37FIrN2OSi-2. The Kier molecular flexibility index (Phi) is 7.34. The maximum absolute atomic E-state index is 14.1. The zero-order chi connectivity index (χ0) is 35.2. The largest absolute Gasteiger partial charge is 0.498 e. The van der Waals surface area contributed by atoms with E-state index >= 15 is 0 Å². The van der Waals surface area contributed by atoms with Crippen LogP contribution in [0.2, 0.25) is 19.6 Å². The standard InChI is InChI=1S/C21H17FNO.C16H20NSi.Ir/c1-21(2,3)13-10-11-23-18(12-13)16-8-4-6-14-15-7-5-9-17(22)20(15)24-19(14)16;1-12-6-8-14(9-7-12)15-10-13(2)16(11-17-15)18(3,4)5;/h4-7,9-12H,1-3H3;6-8,10-11H,1-5H3;/q2*-1;/i;1D3,2D3;. The van der Waals surface area contributed by atoms with Gasteiger partial charge in [-0.05, 0) is 46.5 Å². The molecule has 0 amide bonds. The summed E-state index contributed by atoms with van der Waals surface area (Å²) in [5.41, 5.74) is 5.22. The summed E-state index contributed by atoms with van der Waals surface area (Å²) in [5.74, 6) is -0.356. The Morgan fingerprint density at radius 3 is 2.35 bits per heavy atom. The van der Waals surface area contributed by atoms with Crippen LogP contribution in [0.15, 0.2) is 83.5 Å². The minimum Gasteiger partial charge on any atom is -0.498 e. The number of benzene rings is 3. The molecule has 0 saturated carbocycles. The molecule has 0 atom stereocenters. The summed E-state index contributed by atoms with van der Waals surface area (Å²) in [7, 11) is -1.85. The van der Waals surface area contributed by atoms with Gasteiger partial charge in [-0.25, -0.2) is 4.39 Å². The number of furan rings is 1. The molecule has 0 aliphatic rings. The van der Waals surface area contributed by atoms with E-state index in [1.807, 2.05) is 24.3 Å². The van der Waals surface area contributed by atoms with Gasteiger partial charge in [0.05, 0.1) is 13.7 Å². The van der Waals surface area contributed by atoms with Crippen molar-refractivity contribution < 1.29 is 37.1 Å². The fraction of sp³-hybridized carbons (Fsp3) is 0.243. The van der Waals surface area contributed by atoms with E-state index in [1.165, 1.54) is 23.8 Å². The van der Waals surface area contributed by atoms with E-state index in [4.69, 9.17) is 12.6 Å². The summed E-state index contributed by atoms with van der Waals surface area (Å²) < 4.78 is 65.5. The fourth-order valence-electron chi connectivity index (χ4n) is 4.74. The first kappa shape index (κ1) is 24.9. The predicted molar refractivity (Wildman–Crippen MR) is 175 cm³/mol. The van der Waals surface area contributed by atoms with Crippen LogP contribution in [-0.2, 0) is 25.5 Å². The van der Waals surface area contributed by atoms with Crippen LogP contribution in [0.1, 0.15) is 45.7 Å². The molecule has 0 spiro atoms. The van der Waals surface area contributed by atoms with E-state index in [-0.39, 0.29) is 42.5 Å². The third kappa shape index (κ3) is 7.04. The Labute approximate surface area is 277 Å². The van der Waals surface area contributed by atoms with Crippen molar-refractivity contribution in [2.24, 2.45) is 0 Å². The van der Waals surface area contributed by atoms with Crippen LogP contribution in [0.25, 0.3) is 44.5 Å². The number of hydrogen-bond acceptors (Lipinski definition) is 3. The number of nitrogens with zero attached hydrogens (tertiary/aromatic N) is 2. The quantitative estimate of drug-likeness (QED) is 0.133. The smallest absolute Gasteiger partial charge is 0.165 e. The van der Waals surface area contributed by atoms with E-state index in [0.717, 1.165) is 27.2 Å². The first-order chi connectivity index (χ1) is 22.2. The van der Waals surface area contributed by atoms with Gasteiger partial charge >= 0.3 is 0 Å². The number of halogens is 1. The second-order valence-electron chi connectivity index (χ2n) is 12.3. The molecule has 6 rings (SSSR count).